The fourth-order valence-corrected chi connectivity index (χ4v) is 5.27. The highest BCUT2D eigenvalue weighted by molar-refractivity contribution is 5.91. The molecule has 5 nitrogen and oxygen atoms in total. The van der Waals surface area contributed by atoms with Crippen LogP contribution in [0.3, 0.4) is 0 Å². The van der Waals surface area contributed by atoms with Crippen molar-refractivity contribution in [2.24, 2.45) is 5.92 Å². The lowest BCUT2D eigenvalue weighted by Crippen LogP contribution is -2.45. The molecule has 0 heterocycles. The van der Waals surface area contributed by atoms with E-state index in [1.807, 2.05) is 44.2 Å². The van der Waals surface area contributed by atoms with E-state index >= 15 is 0 Å². The average Bonchev–Trinajstić information content (AvgIpc) is 2.86. The number of hydrogen-bond acceptors (Lipinski definition) is 5. The van der Waals surface area contributed by atoms with Crippen molar-refractivity contribution < 1.29 is 19.4 Å². The fraction of sp³-hybridized carbons (Fsp3) is 0.567. The van der Waals surface area contributed by atoms with Gasteiger partial charge in [-0.1, -0.05) is 68.5 Å². The summed E-state index contributed by atoms with van der Waals surface area (Å²) in [7, 11) is 1.39. The third kappa shape index (κ3) is 7.89. The Morgan fingerprint density at radius 1 is 1.14 bits per heavy atom. The Balaban J connectivity index is 1.57. The smallest absolute Gasteiger partial charge is 0.338 e. The van der Waals surface area contributed by atoms with Gasteiger partial charge in [-0.15, -0.1) is 0 Å². The Morgan fingerprint density at radius 2 is 1.86 bits per heavy atom. The molecule has 5 heteroatoms. The van der Waals surface area contributed by atoms with E-state index in [1.165, 1.54) is 39.2 Å². The number of esters is 1. The first-order valence-electron chi connectivity index (χ1n) is 13.0. The molecule has 192 valence electrons. The number of aliphatic hydroxyl groups excluding tert-OH is 1. The molecule has 0 aliphatic heterocycles. The van der Waals surface area contributed by atoms with Gasteiger partial charge in [-0.2, -0.15) is 0 Å². The number of carbonyl (C=O) groups excluding carboxylic acids is 1. The summed E-state index contributed by atoms with van der Waals surface area (Å²) in [5.74, 6) is 0.463. The van der Waals surface area contributed by atoms with Gasteiger partial charge in [0.2, 0.25) is 0 Å². The lowest BCUT2D eigenvalue weighted by Gasteiger charge is -2.33. The van der Waals surface area contributed by atoms with E-state index in [4.69, 9.17) is 9.47 Å². The Morgan fingerprint density at radius 3 is 2.54 bits per heavy atom. The lowest BCUT2D eigenvalue weighted by molar-refractivity contribution is -0.00453. The minimum atomic E-state index is -0.572. The molecule has 2 aromatic rings. The van der Waals surface area contributed by atoms with Crippen LogP contribution in [0.1, 0.15) is 86.9 Å². The molecule has 1 unspecified atom stereocenters. The van der Waals surface area contributed by atoms with Gasteiger partial charge >= 0.3 is 5.97 Å². The topological polar surface area (TPSA) is 67.8 Å². The standard InChI is InChI=1S/C30H43NO4/c1-21-17-24(15-16-26(21)29(33)34-5)28-14-10-9-13-27(28)22(2)35-20-25(32)19-31-30(3,4)18-23-11-7-6-8-12-23/h9-10,13-17,22-23,25,31-32H,6-8,11-12,18-20H2,1-5H3/t22-,25?/m1/s1. The number of β-amino-alcohol motifs (C(OH)–C–C–N with tert-alkyl or cyclic N) is 1. The van der Waals surface area contributed by atoms with E-state index in [0.29, 0.717) is 12.1 Å². The second-order valence-electron chi connectivity index (χ2n) is 10.7. The molecule has 1 aliphatic rings. The van der Waals surface area contributed by atoms with Gasteiger partial charge in [0.1, 0.15) is 0 Å². The van der Waals surface area contributed by atoms with E-state index in [2.05, 4.69) is 31.3 Å². The quantitative estimate of drug-likeness (QED) is 0.373. The summed E-state index contributed by atoms with van der Waals surface area (Å²) in [5.41, 5.74) is 4.58. The minimum absolute atomic E-state index is 0.00935. The van der Waals surface area contributed by atoms with E-state index < -0.39 is 6.10 Å². The normalized spacial score (nSPS) is 16.6. The van der Waals surface area contributed by atoms with E-state index in [0.717, 1.165) is 34.6 Å². The first-order valence-corrected chi connectivity index (χ1v) is 13.0. The van der Waals surface area contributed by atoms with Crippen LogP contribution in [0.2, 0.25) is 0 Å². The molecule has 35 heavy (non-hydrogen) atoms. The van der Waals surface area contributed by atoms with Gasteiger partial charge in [0, 0.05) is 12.1 Å². The molecule has 1 saturated carbocycles. The molecule has 0 radical (unpaired) electrons. The largest absolute Gasteiger partial charge is 0.465 e. The molecular weight excluding hydrogens is 438 g/mol. The summed E-state index contributed by atoms with van der Waals surface area (Å²) in [6.45, 7) is 9.19. The second-order valence-corrected chi connectivity index (χ2v) is 10.7. The molecule has 0 aromatic heterocycles. The van der Waals surface area contributed by atoms with Crippen LogP contribution in [0, 0.1) is 12.8 Å². The van der Waals surface area contributed by atoms with Gasteiger partial charge in [0.05, 0.1) is 31.5 Å². The molecule has 0 amide bonds. The van der Waals surface area contributed by atoms with Gasteiger partial charge in [0.15, 0.2) is 0 Å². The number of carbonyl (C=O) groups is 1. The third-order valence-electron chi connectivity index (χ3n) is 7.22. The SMILES string of the molecule is COC(=O)c1ccc(-c2ccccc2[C@@H](C)OCC(O)CNC(C)(C)CC2CCCCC2)cc1C. The summed E-state index contributed by atoms with van der Waals surface area (Å²) in [4.78, 5) is 12.0. The van der Waals surface area contributed by atoms with E-state index in [-0.39, 0.29) is 24.2 Å². The maximum atomic E-state index is 12.0. The Labute approximate surface area is 211 Å². The lowest BCUT2D eigenvalue weighted by atomic mass is 9.81. The van der Waals surface area contributed by atoms with Crippen molar-refractivity contribution >= 4 is 5.97 Å². The van der Waals surface area contributed by atoms with Crippen molar-refractivity contribution in [1.29, 1.82) is 0 Å². The Hall–Kier alpha value is -2.21. The van der Waals surface area contributed by atoms with Crippen molar-refractivity contribution in [3.63, 3.8) is 0 Å². The highest BCUT2D eigenvalue weighted by Crippen LogP contribution is 2.32. The van der Waals surface area contributed by atoms with Crippen LogP contribution in [0.25, 0.3) is 11.1 Å². The predicted octanol–water partition coefficient (Wildman–Crippen LogP) is 6.23. The van der Waals surface area contributed by atoms with Gasteiger partial charge in [-0.05, 0) is 68.4 Å². The van der Waals surface area contributed by atoms with Crippen molar-refractivity contribution in [3.05, 3.63) is 59.2 Å². The first kappa shape index (κ1) is 27.4. The van der Waals surface area contributed by atoms with Crippen molar-refractivity contribution in [3.8, 4) is 11.1 Å². The number of aryl methyl sites for hydroxylation is 1. The number of methoxy groups -OCH3 is 1. The number of benzene rings is 2. The molecule has 1 aliphatic carbocycles. The summed E-state index contributed by atoms with van der Waals surface area (Å²) in [5, 5.41) is 14.2. The minimum Gasteiger partial charge on any atom is -0.465 e. The number of aliphatic hydroxyl groups is 1. The maximum Gasteiger partial charge on any atom is 0.338 e. The first-order chi connectivity index (χ1) is 16.7. The zero-order chi connectivity index (χ0) is 25.4. The molecule has 2 atom stereocenters. The fourth-order valence-electron chi connectivity index (χ4n) is 5.27. The number of hydrogen-bond donors (Lipinski definition) is 2. The molecule has 2 N–H and O–H groups in total. The zero-order valence-electron chi connectivity index (χ0n) is 22.1. The third-order valence-corrected chi connectivity index (χ3v) is 7.22. The van der Waals surface area contributed by atoms with Crippen LogP contribution in [0.4, 0.5) is 0 Å². The van der Waals surface area contributed by atoms with Crippen molar-refractivity contribution in [1.82, 2.24) is 5.32 Å². The molecule has 0 bridgehead atoms. The monoisotopic (exact) mass is 481 g/mol. The van der Waals surface area contributed by atoms with Crippen molar-refractivity contribution in [2.75, 3.05) is 20.3 Å². The molecule has 0 saturated heterocycles. The van der Waals surface area contributed by atoms with Gasteiger partial charge in [-0.3, -0.25) is 0 Å². The second kappa shape index (κ2) is 12.7. The van der Waals surface area contributed by atoms with Crippen LogP contribution in [0.15, 0.2) is 42.5 Å². The van der Waals surface area contributed by atoms with Gasteiger partial charge in [-0.25, -0.2) is 4.79 Å². The van der Waals surface area contributed by atoms with Crippen LogP contribution in [-0.2, 0) is 9.47 Å². The van der Waals surface area contributed by atoms with Gasteiger partial charge in [0.25, 0.3) is 0 Å². The number of nitrogens with one attached hydrogen (secondary N) is 1. The molecule has 0 spiro atoms. The molecule has 3 rings (SSSR count). The predicted molar refractivity (Wildman–Crippen MR) is 142 cm³/mol. The van der Waals surface area contributed by atoms with E-state index in [1.54, 1.807) is 0 Å². The average molecular weight is 482 g/mol. The van der Waals surface area contributed by atoms with E-state index in [9.17, 15) is 9.90 Å². The highest BCUT2D eigenvalue weighted by atomic mass is 16.5. The zero-order valence-corrected chi connectivity index (χ0v) is 22.1. The Kier molecular flexibility index (Phi) is 9.90. The molecule has 1 fully saturated rings. The number of rotatable bonds is 11. The Bertz CT molecular complexity index is 965. The summed E-state index contributed by atoms with van der Waals surface area (Å²) >= 11 is 0. The van der Waals surface area contributed by atoms with Gasteiger partial charge < -0.3 is 19.9 Å². The van der Waals surface area contributed by atoms with Crippen LogP contribution < -0.4 is 5.32 Å². The van der Waals surface area contributed by atoms with Crippen LogP contribution in [0.5, 0.6) is 0 Å². The van der Waals surface area contributed by atoms with Crippen molar-refractivity contribution in [2.45, 2.75) is 84.0 Å². The number of ether oxygens (including phenoxy) is 2. The summed E-state index contributed by atoms with van der Waals surface area (Å²) < 4.78 is 11.0. The highest BCUT2D eigenvalue weighted by Gasteiger charge is 2.25. The van der Waals surface area contributed by atoms with Crippen LogP contribution in [-0.4, -0.2) is 43.0 Å². The summed E-state index contributed by atoms with van der Waals surface area (Å²) in [6, 6.07) is 13.9. The molecular formula is C30H43NO4. The summed E-state index contributed by atoms with van der Waals surface area (Å²) in [6.07, 6.45) is 7.14. The maximum absolute atomic E-state index is 12.0. The van der Waals surface area contributed by atoms with Crippen LogP contribution >= 0.6 is 0 Å². The molecule has 2 aromatic carbocycles.